The van der Waals surface area contributed by atoms with Gasteiger partial charge in [0.1, 0.15) is 5.56 Å². The van der Waals surface area contributed by atoms with Crippen LogP contribution >= 0.6 is 11.6 Å². The first kappa shape index (κ1) is 16.1. The Morgan fingerprint density at radius 2 is 1.82 bits per heavy atom. The summed E-state index contributed by atoms with van der Waals surface area (Å²) in [5.74, 6) is -5.24. The predicted molar refractivity (Wildman–Crippen MR) is 72.5 cm³/mol. The molecule has 0 radical (unpaired) electrons. The van der Waals surface area contributed by atoms with Crippen molar-refractivity contribution in [2.24, 2.45) is 0 Å². The highest BCUT2D eigenvalue weighted by molar-refractivity contribution is 6.30. The van der Waals surface area contributed by atoms with Crippen LogP contribution in [0.2, 0.25) is 5.02 Å². The first-order chi connectivity index (χ1) is 10.3. The van der Waals surface area contributed by atoms with E-state index in [0.717, 1.165) is 29.9 Å². The van der Waals surface area contributed by atoms with Crippen molar-refractivity contribution in [2.45, 2.75) is 6.54 Å². The third kappa shape index (κ3) is 3.14. The largest absolute Gasteiger partial charge is 0.465 e. The molecule has 1 aromatic carbocycles. The number of aromatic nitrogens is 1. The minimum Gasteiger partial charge on any atom is -0.465 e. The molecule has 0 saturated heterocycles. The lowest BCUT2D eigenvalue weighted by atomic mass is 10.2. The van der Waals surface area contributed by atoms with Crippen LogP contribution in [0.4, 0.5) is 13.2 Å². The molecule has 2 aromatic rings. The molecule has 1 heterocycles. The van der Waals surface area contributed by atoms with E-state index >= 15 is 0 Å². The fraction of sp³-hybridized carbons (Fsp3) is 0.143. The van der Waals surface area contributed by atoms with Gasteiger partial charge in [-0.1, -0.05) is 11.6 Å². The number of methoxy groups -OCH3 is 1. The average molecular weight is 332 g/mol. The summed E-state index contributed by atoms with van der Waals surface area (Å²) in [7, 11) is 1.09. The van der Waals surface area contributed by atoms with Crippen LogP contribution < -0.4 is 5.56 Å². The highest BCUT2D eigenvalue weighted by Gasteiger charge is 2.16. The number of ether oxygens (including phenoxy) is 1. The lowest BCUT2D eigenvalue weighted by molar-refractivity contribution is 0.0598. The standard InChI is InChI=1S/C14H9ClF3NO3/c1-22-14(21)9-4-8(15)6-19(13(9)20)5-7-2-10(16)12(18)11(17)3-7/h2-4,6H,5H2,1H3. The lowest BCUT2D eigenvalue weighted by Gasteiger charge is -2.09. The van der Waals surface area contributed by atoms with Crippen molar-refractivity contribution in [1.82, 2.24) is 4.57 Å². The molecule has 0 fully saturated rings. The average Bonchev–Trinajstić information content (AvgIpc) is 2.47. The Balaban J connectivity index is 2.48. The Morgan fingerprint density at radius 1 is 1.23 bits per heavy atom. The number of hydrogen-bond acceptors (Lipinski definition) is 3. The molecular weight excluding hydrogens is 323 g/mol. The molecule has 1 aromatic heterocycles. The maximum atomic E-state index is 13.2. The molecule has 0 atom stereocenters. The van der Waals surface area contributed by atoms with Gasteiger partial charge in [-0.3, -0.25) is 4.79 Å². The minimum absolute atomic E-state index is 0.00316. The van der Waals surface area contributed by atoms with Gasteiger partial charge in [-0.25, -0.2) is 18.0 Å². The Hall–Kier alpha value is -2.28. The summed E-state index contributed by atoms with van der Waals surface area (Å²) in [5, 5.41) is 0.0584. The smallest absolute Gasteiger partial charge is 0.343 e. The van der Waals surface area contributed by atoms with Crippen LogP contribution in [0.15, 0.2) is 29.2 Å². The highest BCUT2D eigenvalue weighted by Crippen LogP contribution is 2.15. The summed E-state index contributed by atoms with van der Waals surface area (Å²) < 4.78 is 44.7. The van der Waals surface area contributed by atoms with Gasteiger partial charge in [0.25, 0.3) is 5.56 Å². The lowest BCUT2D eigenvalue weighted by Crippen LogP contribution is -2.27. The van der Waals surface area contributed by atoms with Crippen LogP contribution in [0.5, 0.6) is 0 Å². The first-order valence-corrected chi connectivity index (χ1v) is 6.33. The van der Waals surface area contributed by atoms with Gasteiger partial charge in [-0.2, -0.15) is 0 Å². The molecule has 22 heavy (non-hydrogen) atoms. The van der Waals surface area contributed by atoms with E-state index in [0.29, 0.717) is 0 Å². The summed E-state index contributed by atoms with van der Waals surface area (Å²) in [6, 6.07) is 2.63. The molecule has 0 bridgehead atoms. The fourth-order valence-electron chi connectivity index (χ4n) is 1.87. The van der Waals surface area contributed by atoms with E-state index < -0.39 is 29.0 Å². The maximum absolute atomic E-state index is 13.2. The number of benzene rings is 1. The minimum atomic E-state index is -1.60. The van der Waals surface area contributed by atoms with Crippen LogP contribution in [0.1, 0.15) is 15.9 Å². The molecule has 0 aliphatic carbocycles. The molecule has 116 valence electrons. The van der Waals surface area contributed by atoms with E-state index in [1.165, 1.54) is 6.20 Å². The number of esters is 1. The third-order valence-electron chi connectivity index (χ3n) is 2.85. The van der Waals surface area contributed by atoms with E-state index in [9.17, 15) is 22.8 Å². The molecule has 0 aliphatic heterocycles. The molecule has 4 nitrogen and oxygen atoms in total. The zero-order valence-corrected chi connectivity index (χ0v) is 12.0. The van der Waals surface area contributed by atoms with Crippen molar-refractivity contribution in [3.63, 3.8) is 0 Å². The SMILES string of the molecule is COC(=O)c1cc(Cl)cn(Cc2cc(F)c(F)c(F)c2)c1=O. The molecule has 0 aliphatic rings. The molecule has 0 saturated carbocycles. The Labute approximate surface area is 127 Å². The zero-order chi connectivity index (χ0) is 16.4. The number of carbonyl (C=O) groups is 1. The molecule has 0 spiro atoms. The Kier molecular flexibility index (Phi) is 4.56. The number of carbonyl (C=O) groups excluding carboxylic acids is 1. The van der Waals surface area contributed by atoms with Crippen molar-refractivity contribution >= 4 is 17.6 Å². The third-order valence-corrected chi connectivity index (χ3v) is 3.06. The van der Waals surface area contributed by atoms with Gasteiger partial charge in [0, 0.05) is 6.20 Å². The first-order valence-electron chi connectivity index (χ1n) is 5.95. The van der Waals surface area contributed by atoms with Crippen LogP contribution in [0.3, 0.4) is 0 Å². The highest BCUT2D eigenvalue weighted by atomic mass is 35.5. The predicted octanol–water partition coefficient (Wildman–Crippen LogP) is 2.75. The number of pyridine rings is 1. The van der Waals surface area contributed by atoms with E-state index in [4.69, 9.17) is 11.6 Å². The molecule has 0 unspecified atom stereocenters. The van der Waals surface area contributed by atoms with Gasteiger partial charge in [-0.05, 0) is 23.8 Å². The molecule has 0 amide bonds. The van der Waals surface area contributed by atoms with Gasteiger partial charge in [0.2, 0.25) is 0 Å². The van der Waals surface area contributed by atoms with Crippen molar-refractivity contribution in [3.05, 3.63) is 68.4 Å². The van der Waals surface area contributed by atoms with Gasteiger partial charge < -0.3 is 9.30 Å². The monoisotopic (exact) mass is 331 g/mol. The number of rotatable bonds is 3. The van der Waals surface area contributed by atoms with E-state index in [1.807, 2.05) is 0 Å². The van der Waals surface area contributed by atoms with Gasteiger partial charge in [0.15, 0.2) is 17.5 Å². The summed E-state index contributed by atoms with van der Waals surface area (Å²) >= 11 is 5.80. The second-order valence-electron chi connectivity index (χ2n) is 4.37. The second-order valence-corrected chi connectivity index (χ2v) is 4.81. The van der Waals surface area contributed by atoms with Gasteiger partial charge in [-0.15, -0.1) is 0 Å². The molecule has 0 N–H and O–H groups in total. The number of nitrogens with zero attached hydrogens (tertiary/aromatic N) is 1. The zero-order valence-electron chi connectivity index (χ0n) is 11.2. The summed E-state index contributed by atoms with van der Waals surface area (Å²) in [5.41, 5.74) is -1.07. The number of halogens is 4. The quantitative estimate of drug-likeness (QED) is 0.642. The molecule has 2 rings (SSSR count). The fourth-order valence-corrected chi connectivity index (χ4v) is 2.10. The van der Waals surface area contributed by atoms with Crippen molar-refractivity contribution < 1.29 is 22.7 Å². The second kappa shape index (κ2) is 6.23. The van der Waals surface area contributed by atoms with Crippen molar-refractivity contribution in [3.8, 4) is 0 Å². The summed E-state index contributed by atoms with van der Waals surface area (Å²) in [4.78, 5) is 23.6. The van der Waals surface area contributed by atoms with Crippen LogP contribution in [-0.2, 0) is 11.3 Å². The normalized spacial score (nSPS) is 10.6. The maximum Gasteiger partial charge on any atom is 0.343 e. The Morgan fingerprint density at radius 3 is 2.36 bits per heavy atom. The van der Waals surface area contributed by atoms with E-state index in [-0.39, 0.29) is 22.7 Å². The summed E-state index contributed by atoms with van der Waals surface area (Å²) in [6.07, 6.45) is 1.19. The van der Waals surface area contributed by atoms with Crippen molar-refractivity contribution in [2.75, 3.05) is 7.11 Å². The van der Waals surface area contributed by atoms with Crippen molar-refractivity contribution in [1.29, 1.82) is 0 Å². The van der Waals surface area contributed by atoms with Crippen LogP contribution in [0.25, 0.3) is 0 Å². The van der Waals surface area contributed by atoms with Gasteiger partial charge in [0.05, 0.1) is 18.7 Å². The van der Waals surface area contributed by atoms with E-state index in [1.54, 1.807) is 0 Å². The summed E-state index contributed by atoms with van der Waals surface area (Å²) in [6.45, 7) is -0.294. The van der Waals surface area contributed by atoms with E-state index in [2.05, 4.69) is 4.74 Å². The molecule has 8 heteroatoms. The Bertz CT molecular complexity index is 781. The molecular formula is C14H9ClF3NO3. The van der Waals surface area contributed by atoms with Gasteiger partial charge >= 0.3 is 5.97 Å². The van der Waals surface area contributed by atoms with Crippen LogP contribution in [0, 0.1) is 17.5 Å². The van der Waals surface area contributed by atoms with Crippen LogP contribution in [-0.4, -0.2) is 17.6 Å². The number of hydrogen-bond donors (Lipinski definition) is 0. The topological polar surface area (TPSA) is 48.3 Å².